The van der Waals surface area contributed by atoms with Crippen LogP contribution in [-0.2, 0) is 17.7 Å². The Morgan fingerprint density at radius 2 is 1.87 bits per heavy atom. The summed E-state index contributed by atoms with van der Waals surface area (Å²) in [5, 5.41) is 6.57. The first kappa shape index (κ1) is 25.4. The molecule has 31 heavy (non-hydrogen) atoms. The van der Waals surface area contributed by atoms with Gasteiger partial charge in [0.25, 0.3) is 0 Å². The molecule has 8 heteroatoms. The summed E-state index contributed by atoms with van der Waals surface area (Å²) < 4.78 is 24.5. The highest BCUT2D eigenvalue weighted by Crippen LogP contribution is 2.13. The van der Waals surface area contributed by atoms with E-state index in [1.54, 1.807) is 19.2 Å². The summed E-state index contributed by atoms with van der Waals surface area (Å²) in [6.45, 7) is 6.44. The lowest BCUT2D eigenvalue weighted by Crippen LogP contribution is -2.38. The quantitative estimate of drug-likeness (QED) is 0.290. The molecule has 2 N–H and O–H groups in total. The highest BCUT2D eigenvalue weighted by molar-refractivity contribution is 14.0. The van der Waals surface area contributed by atoms with Crippen molar-refractivity contribution >= 4 is 29.9 Å². The molecule has 0 spiro atoms. The van der Waals surface area contributed by atoms with Crippen molar-refractivity contribution < 1.29 is 13.9 Å². The molecule has 0 atom stereocenters. The molecule has 6 nitrogen and oxygen atoms in total. The first-order valence-electron chi connectivity index (χ1n) is 10.4. The lowest BCUT2D eigenvalue weighted by atomic mass is 10.1. The van der Waals surface area contributed by atoms with E-state index in [2.05, 4.69) is 26.6 Å². The van der Waals surface area contributed by atoms with Gasteiger partial charge in [0.1, 0.15) is 18.2 Å². The molecule has 0 aromatic heterocycles. The molecule has 0 amide bonds. The zero-order chi connectivity index (χ0) is 21.0. The molecule has 170 valence electrons. The van der Waals surface area contributed by atoms with Crippen molar-refractivity contribution in [2.24, 2.45) is 4.99 Å². The highest BCUT2D eigenvalue weighted by atomic mass is 127. The molecule has 1 aliphatic rings. The van der Waals surface area contributed by atoms with Crippen LogP contribution in [0.25, 0.3) is 0 Å². The number of halogens is 2. The minimum absolute atomic E-state index is 0. The topological polar surface area (TPSA) is 58.1 Å². The van der Waals surface area contributed by atoms with E-state index in [4.69, 9.17) is 9.47 Å². The minimum atomic E-state index is -0.206. The van der Waals surface area contributed by atoms with E-state index < -0.39 is 0 Å². The van der Waals surface area contributed by atoms with E-state index >= 15 is 0 Å². The maximum Gasteiger partial charge on any atom is 0.191 e. The predicted octanol–water partition coefficient (Wildman–Crippen LogP) is 3.06. The number of nitrogens with zero attached hydrogens (tertiary/aromatic N) is 2. The Balaban J connectivity index is 0.00000341. The minimum Gasteiger partial charge on any atom is -0.492 e. The van der Waals surface area contributed by atoms with Crippen LogP contribution in [0.5, 0.6) is 5.75 Å². The normalized spacial score (nSPS) is 14.6. The van der Waals surface area contributed by atoms with Crippen molar-refractivity contribution in [3.05, 3.63) is 65.5 Å². The van der Waals surface area contributed by atoms with Crippen LogP contribution in [-0.4, -0.2) is 63.9 Å². The second-order valence-corrected chi connectivity index (χ2v) is 7.18. The molecular weight excluding hydrogens is 510 g/mol. The Morgan fingerprint density at radius 1 is 1.10 bits per heavy atom. The van der Waals surface area contributed by atoms with Crippen LogP contribution in [0.4, 0.5) is 4.39 Å². The molecule has 3 rings (SSSR count). The first-order chi connectivity index (χ1) is 14.7. The number of guanidine groups is 1. The number of hydrogen-bond donors (Lipinski definition) is 2. The van der Waals surface area contributed by atoms with E-state index in [0.29, 0.717) is 25.7 Å². The Bertz CT molecular complexity index is 816. The van der Waals surface area contributed by atoms with Gasteiger partial charge in [0.2, 0.25) is 0 Å². The molecule has 0 radical (unpaired) electrons. The largest absolute Gasteiger partial charge is 0.492 e. The van der Waals surface area contributed by atoms with Crippen LogP contribution >= 0.6 is 24.0 Å². The van der Waals surface area contributed by atoms with Crippen molar-refractivity contribution in [2.75, 3.05) is 53.0 Å². The standard InChI is InChI=1S/C23H31FN4O2.HI/c1-25-23(26-9-8-19-4-2-6-21(24)16-19)27-18-20-5-3-7-22(17-20)30-15-12-28-10-13-29-14-11-28;/h2-7,16-17H,8-15,18H2,1H3,(H2,25,26,27);1H. The molecule has 0 saturated carbocycles. The number of morpholine rings is 1. The molecule has 1 fully saturated rings. The number of benzene rings is 2. The van der Waals surface area contributed by atoms with Gasteiger partial charge in [-0.2, -0.15) is 0 Å². The van der Waals surface area contributed by atoms with Crippen LogP contribution in [0.15, 0.2) is 53.5 Å². The molecule has 1 saturated heterocycles. The fourth-order valence-electron chi connectivity index (χ4n) is 3.29. The lowest BCUT2D eigenvalue weighted by molar-refractivity contribution is 0.0322. The zero-order valence-electron chi connectivity index (χ0n) is 18.0. The van der Waals surface area contributed by atoms with Gasteiger partial charge in [0.05, 0.1) is 13.2 Å². The monoisotopic (exact) mass is 542 g/mol. The van der Waals surface area contributed by atoms with Gasteiger partial charge in [-0.1, -0.05) is 24.3 Å². The van der Waals surface area contributed by atoms with Gasteiger partial charge in [-0.15, -0.1) is 24.0 Å². The zero-order valence-corrected chi connectivity index (χ0v) is 20.3. The van der Waals surface area contributed by atoms with Gasteiger partial charge in [0, 0.05) is 39.8 Å². The van der Waals surface area contributed by atoms with Gasteiger partial charge < -0.3 is 20.1 Å². The van der Waals surface area contributed by atoms with Crippen LogP contribution in [0, 0.1) is 5.82 Å². The van der Waals surface area contributed by atoms with Crippen molar-refractivity contribution in [1.29, 1.82) is 0 Å². The van der Waals surface area contributed by atoms with E-state index in [1.165, 1.54) is 6.07 Å². The summed E-state index contributed by atoms with van der Waals surface area (Å²) in [5.74, 6) is 1.38. The highest BCUT2D eigenvalue weighted by Gasteiger charge is 2.09. The molecule has 2 aromatic rings. The molecule has 2 aromatic carbocycles. The summed E-state index contributed by atoms with van der Waals surface area (Å²) in [7, 11) is 1.74. The van der Waals surface area contributed by atoms with Crippen molar-refractivity contribution in [3.8, 4) is 5.75 Å². The Labute approximate surface area is 201 Å². The second kappa shape index (κ2) is 14.2. The molecule has 0 aliphatic carbocycles. The van der Waals surface area contributed by atoms with Crippen LogP contribution < -0.4 is 15.4 Å². The maximum absolute atomic E-state index is 13.3. The third-order valence-electron chi connectivity index (χ3n) is 4.96. The molecule has 1 heterocycles. The van der Waals surface area contributed by atoms with Crippen molar-refractivity contribution in [2.45, 2.75) is 13.0 Å². The lowest BCUT2D eigenvalue weighted by Gasteiger charge is -2.26. The average Bonchev–Trinajstić information content (AvgIpc) is 2.77. The summed E-state index contributed by atoms with van der Waals surface area (Å²) in [6, 6.07) is 14.8. The third kappa shape index (κ3) is 9.40. The van der Waals surface area contributed by atoms with Gasteiger partial charge in [-0.25, -0.2) is 4.39 Å². The van der Waals surface area contributed by atoms with Crippen molar-refractivity contribution in [3.63, 3.8) is 0 Å². The number of ether oxygens (including phenoxy) is 2. The molecule has 1 aliphatic heterocycles. The smallest absolute Gasteiger partial charge is 0.191 e. The number of nitrogens with one attached hydrogen (secondary N) is 2. The van der Waals surface area contributed by atoms with Gasteiger partial charge in [-0.3, -0.25) is 9.89 Å². The Kier molecular flexibility index (Phi) is 11.6. The Morgan fingerprint density at radius 3 is 2.65 bits per heavy atom. The number of rotatable bonds is 9. The van der Waals surface area contributed by atoms with E-state index in [-0.39, 0.29) is 29.8 Å². The van der Waals surface area contributed by atoms with E-state index in [1.807, 2.05) is 24.3 Å². The van der Waals surface area contributed by atoms with E-state index in [9.17, 15) is 4.39 Å². The van der Waals surface area contributed by atoms with Gasteiger partial charge in [-0.05, 0) is 41.8 Å². The summed E-state index contributed by atoms with van der Waals surface area (Å²) in [6.07, 6.45) is 0.727. The SMILES string of the molecule is CN=C(NCCc1cccc(F)c1)NCc1cccc(OCCN2CCOCC2)c1.I. The van der Waals surface area contributed by atoms with Crippen molar-refractivity contribution in [1.82, 2.24) is 15.5 Å². The van der Waals surface area contributed by atoms with Crippen LogP contribution in [0.2, 0.25) is 0 Å². The first-order valence-corrected chi connectivity index (χ1v) is 10.4. The summed E-state index contributed by atoms with van der Waals surface area (Å²) in [5.41, 5.74) is 2.08. The summed E-state index contributed by atoms with van der Waals surface area (Å²) >= 11 is 0. The fraction of sp³-hybridized carbons (Fsp3) is 0.435. The van der Waals surface area contributed by atoms with E-state index in [0.717, 1.165) is 56.1 Å². The Hall–Kier alpha value is -1.91. The number of hydrogen-bond acceptors (Lipinski definition) is 4. The maximum atomic E-state index is 13.3. The number of aliphatic imine (C=N–C) groups is 1. The predicted molar refractivity (Wildman–Crippen MR) is 133 cm³/mol. The van der Waals surface area contributed by atoms with Crippen LogP contribution in [0.3, 0.4) is 0 Å². The molecular formula is C23H32FIN4O2. The average molecular weight is 542 g/mol. The van der Waals surface area contributed by atoms with Gasteiger partial charge in [0.15, 0.2) is 5.96 Å². The molecule has 0 bridgehead atoms. The molecule has 0 unspecified atom stereocenters. The third-order valence-corrected chi connectivity index (χ3v) is 4.96. The van der Waals surface area contributed by atoms with Crippen LogP contribution in [0.1, 0.15) is 11.1 Å². The van der Waals surface area contributed by atoms with Gasteiger partial charge >= 0.3 is 0 Å². The summed E-state index contributed by atoms with van der Waals surface area (Å²) in [4.78, 5) is 6.60. The second-order valence-electron chi connectivity index (χ2n) is 7.18. The fourth-order valence-corrected chi connectivity index (χ4v) is 3.29.